The van der Waals surface area contributed by atoms with Gasteiger partial charge in [0.15, 0.2) is 5.65 Å². The van der Waals surface area contributed by atoms with Crippen molar-refractivity contribution in [1.29, 1.82) is 0 Å². The Kier molecular flexibility index (Phi) is 2.90. The summed E-state index contributed by atoms with van der Waals surface area (Å²) in [6.07, 6.45) is 5.30. The molecule has 0 unspecified atom stereocenters. The maximum absolute atomic E-state index is 12.2. The maximum Gasteiger partial charge on any atom is 0.341 e. The van der Waals surface area contributed by atoms with Gasteiger partial charge < -0.3 is 4.74 Å². The molecule has 0 N–H and O–H groups in total. The minimum atomic E-state index is -0.389. The molecule has 0 fully saturated rings. The van der Waals surface area contributed by atoms with Gasteiger partial charge in [-0.2, -0.15) is 0 Å². The number of aryl methyl sites for hydroxylation is 1. The highest BCUT2D eigenvalue weighted by Gasteiger charge is 2.21. The number of methoxy groups -OCH3 is 1. The molecule has 0 aliphatic rings. The van der Waals surface area contributed by atoms with Crippen LogP contribution in [0.3, 0.4) is 0 Å². The number of ether oxygens (including phenoxy) is 1. The first-order valence-electron chi connectivity index (χ1n) is 7.18. The van der Waals surface area contributed by atoms with Crippen LogP contribution in [0.15, 0.2) is 49.1 Å². The molecule has 0 amide bonds. The molecule has 6 nitrogen and oxygen atoms in total. The first-order valence-corrected chi connectivity index (χ1v) is 7.18. The molecule has 0 bridgehead atoms. The van der Waals surface area contributed by atoms with Crippen LogP contribution in [0.5, 0.6) is 0 Å². The molecule has 0 saturated carbocycles. The predicted molar refractivity (Wildman–Crippen MR) is 85.9 cm³/mol. The number of aromatic nitrogens is 4. The summed E-state index contributed by atoms with van der Waals surface area (Å²) in [4.78, 5) is 21.0. The van der Waals surface area contributed by atoms with Crippen molar-refractivity contribution in [2.45, 2.75) is 6.92 Å². The first kappa shape index (κ1) is 13.5. The second-order valence-electron chi connectivity index (χ2n) is 5.28. The Bertz CT molecular complexity index is 1030. The predicted octanol–water partition coefficient (Wildman–Crippen LogP) is 2.77. The molecule has 0 atom stereocenters. The molecular formula is C17H14N4O2. The largest absolute Gasteiger partial charge is 0.465 e. The zero-order valence-electron chi connectivity index (χ0n) is 12.7. The second-order valence-corrected chi connectivity index (χ2v) is 5.28. The van der Waals surface area contributed by atoms with E-state index in [0.717, 1.165) is 22.4 Å². The highest BCUT2D eigenvalue weighted by Crippen LogP contribution is 2.26. The zero-order valence-corrected chi connectivity index (χ0v) is 12.7. The molecule has 114 valence electrons. The molecule has 4 aromatic rings. The topological polar surface area (TPSA) is 61.4 Å². The quantitative estimate of drug-likeness (QED) is 0.534. The van der Waals surface area contributed by atoms with Crippen LogP contribution < -0.4 is 0 Å². The van der Waals surface area contributed by atoms with Crippen LogP contribution >= 0.6 is 0 Å². The van der Waals surface area contributed by atoms with E-state index in [0.29, 0.717) is 11.2 Å². The van der Waals surface area contributed by atoms with Gasteiger partial charge in [0, 0.05) is 12.4 Å². The number of hydrogen-bond donors (Lipinski definition) is 0. The summed E-state index contributed by atoms with van der Waals surface area (Å²) >= 11 is 0. The molecular weight excluding hydrogens is 292 g/mol. The van der Waals surface area contributed by atoms with E-state index >= 15 is 0 Å². The summed E-state index contributed by atoms with van der Waals surface area (Å²) in [6.45, 7) is 1.88. The van der Waals surface area contributed by atoms with E-state index in [1.807, 2.05) is 52.4 Å². The standard InChI is InChI=1S/C17H14N4O2/c1-11-9-14(20-8-7-18-10-20)21-13-6-4-3-5-12(13)19-16(21)15(11)17(22)23-2/h3-10H,1-2H3. The molecule has 0 radical (unpaired) electrons. The number of pyridine rings is 1. The summed E-state index contributed by atoms with van der Waals surface area (Å²) in [5.74, 6) is 0.483. The van der Waals surface area contributed by atoms with Gasteiger partial charge in [-0.05, 0) is 30.7 Å². The van der Waals surface area contributed by atoms with Gasteiger partial charge in [-0.25, -0.2) is 14.8 Å². The van der Waals surface area contributed by atoms with Crippen molar-refractivity contribution in [3.8, 4) is 5.82 Å². The van der Waals surface area contributed by atoms with Crippen molar-refractivity contribution in [2.24, 2.45) is 0 Å². The second kappa shape index (κ2) is 4.95. The Morgan fingerprint density at radius 1 is 1.26 bits per heavy atom. The lowest BCUT2D eigenvalue weighted by Crippen LogP contribution is -2.10. The molecule has 6 heteroatoms. The number of carbonyl (C=O) groups excluding carboxylic acids is 1. The van der Waals surface area contributed by atoms with Crippen molar-refractivity contribution in [3.05, 3.63) is 60.2 Å². The average molecular weight is 306 g/mol. The van der Waals surface area contributed by atoms with Gasteiger partial charge in [-0.3, -0.25) is 8.97 Å². The summed E-state index contributed by atoms with van der Waals surface area (Å²) in [5.41, 5.74) is 3.62. The fourth-order valence-electron chi connectivity index (χ4n) is 2.87. The third kappa shape index (κ3) is 1.92. The van der Waals surface area contributed by atoms with Crippen LogP contribution in [0.1, 0.15) is 15.9 Å². The molecule has 0 aliphatic heterocycles. The van der Waals surface area contributed by atoms with Crippen LogP contribution in [0.4, 0.5) is 0 Å². The van der Waals surface area contributed by atoms with E-state index in [4.69, 9.17) is 4.74 Å². The zero-order chi connectivity index (χ0) is 16.0. The lowest BCUT2D eigenvalue weighted by atomic mass is 10.1. The van der Waals surface area contributed by atoms with E-state index in [9.17, 15) is 4.79 Å². The van der Waals surface area contributed by atoms with E-state index in [2.05, 4.69) is 9.97 Å². The van der Waals surface area contributed by atoms with E-state index in [1.54, 1.807) is 12.5 Å². The van der Waals surface area contributed by atoms with Gasteiger partial charge in [-0.1, -0.05) is 12.1 Å². The lowest BCUT2D eigenvalue weighted by Gasteiger charge is -2.12. The smallest absolute Gasteiger partial charge is 0.341 e. The number of hydrogen-bond acceptors (Lipinski definition) is 4. The molecule has 23 heavy (non-hydrogen) atoms. The Hall–Kier alpha value is -3.15. The van der Waals surface area contributed by atoms with Crippen LogP contribution in [-0.2, 0) is 4.74 Å². The van der Waals surface area contributed by atoms with E-state index < -0.39 is 0 Å². The fraction of sp³-hybridized carbons (Fsp3) is 0.118. The van der Waals surface area contributed by atoms with Crippen molar-refractivity contribution >= 4 is 22.6 Å². The number of rotatable bonds is 2. The lowest BCUT2D eigenvalue weighted by molar-refractivity contribution is 0.0601. The molecule has 0 saturated heterocycles. The minimum absolute atomic E-state index is 0.389. The third-order valence-electron chi connectivity index (χ3n) is 3.91. The van der Waals surface area contributed by atoms with E-state index in [1.165, 1.54) is 7.11 Å². The number of esters is 1. The number of carbonyl (C=O) groups is 1. The maximum atomic E-state index is 12.2. The molecule has 0 spiro atoms. The number of benzene rings is 1. The SMILES string of the molecule is COC(=O)c1c(C)cc(-n2ccnc2)n2c1nc1ccccc12. The molecule has 4 rings (SSSR count). The van der Waals surface area contributed by atoms with Crippen molar-refractivity contribution in [3.63, 3.8) is 0 Å². The Balaban J connectivity index is 2.22. The highest BCUT2D eigenvalue weighted by atomic mass is 16.5. The normalized spacial score (nSPS) is 11.2. The van der Waals surface area contributed by atoms with Gasteiger partial charge in [0.25, 0.3) is 0 Å². The number of para-hydroxylation sites is 2. The minimum Gasteiger partial charge on any atom is -0.465 e. The van der Waals surface area contributed by atoms with Gasteiger partial charge >= 0.3 is 5.97 Å². The van der Waals surface area contributed by atoms with Gasteiger partial charge in [0.2, 0.25) is 0 Å². The summed E-state index contributed by atoms with van der Waals surface area (Å²) in [7, 11) is 1.38. The Labute approximate surface area is 132 Å². The number of nitrogens with zero attached hydrogens (tertiary/aromatic N) is 4. The van der Waals surface area contributed by atoms with Crippen LogP contribution in [0.2, 0.25) is 0 Å². The molecule has 3 heterocycles. The van der Waals surface area contributed by atoms with Crippen LogP contribution in [0.25, 0.3) is 22.5 Å². The van der Waals surface area contributed by atoms with Crippen molar-refractivity contribution < 1.29 is 9.53 Å². The van der Waals surface area contributed by atoms with Gasteiger partial charge in [-0.15, -0.1) is 0 Å². The number of imidazole rings is 2. The van der Waals surface area contributed by atoms with Crippen molar-refractivity contribution in [1.82, 2.24) is 18.9 Å². The monoisotopic (exact) mass is 306 g/mol. The first-order chi connectivity index (χ1) is 11.2. The highest BCUT2D eigenvalue weighted by molar-refractivity contribution is 6.00. The van der Waals surface area contributed by atoms with Crippen LogP contribution in [-0.4, -0.2) is 32.0 Å². The molecule has 0 aliphatic carbocycles. The molecule has 1 aromatic carbocycles. The summed E-state index contributed by atoms with van der Waals surface area (Å²) in [5, 5.41) is 0. The Morgan fingerprint density at radius 3 is 2.83 bits per heavy atom. The van der Waals surface area contributed by atoms with Gasteiger partial charge in [0.1, 0.15) is 17.7 Å². The molecule has 3 aromatic heterocycles. The Morgan fingerprint density at radius 2 is 2.09 bits per heavy atom. The summed E-state index contributed by atoms with van der Waals surface area (Å²) < 4.78 is 8.79. The average Bonchev–Trinajstić information content (AvgIpc) is 3.21. The fourth-order valence-corrected chi connectivity index (χ4v) is 2.87. The van der Waals surface area contributed by atoms with Crippen LogP contribution in [0, 0.1) is 6.92 Å². The van der Waals surface area contributed by atoms with E-state index in [-0.39, 0.29) is 5.97 Å². The summed E-state index contributed by atoms with van der Waals surface area (Å²) in [6, 6.07) is 9.72. The number of fused-ring (bicyclic) bond motifs is 3. The third-order valence-corrected chi connectivity index (χ3v) is 3.91. The van der Waals surface area contributed by atoms with Crippen molar-refractivity contribution in [2.75, 3.05) is 7.11 Å². The van der Waals surface area contributed by atoms with Gasteiger partial charge in [0.05, 0.1) is 18.1 Å².